The molecular weight excluding hydrogens is 322 g/mol. The molecule has 0 unspecified atom stereocenters. The second-order valence-electron chi connectivity index (χ2n) is 5.89. The molecule has 0 spiro atoms. The second kappa shape index (κ2) is 7.64. The zero-order valence-corrected chi connectivity index (χ0v) is 14.5. The van der Waals surface area contributed by atoms with E-state index in [4.69, 9.17) is 9.84 Å². The Morgan fingerprint density at radius 1 is 1.33 bits per heavy atom. The summed E-state index contributed by atoms with van der Waals surface area (Å²) < 4.78 is 5.17. The summed E-state index contributed by atoms with van der Waals surface area (Å²) in [6, 6.07) is 10.1. The molecule has 3 rings (SSSR count). The van der Waals surface area contributed by atoms with Crippen LogP contribution in [0.2, 0.25) is 0 Å². The van der Waals surface area contributed by atoms with E-state index in [0.29, 0.717) is 12.6 Å². The molecule has 0 saturated heterocycles. The van der Waals surface area contributed by atoms with Crippen LogP contribution in [0.1, 0.15) is 28.8 Å². The maximum atomic E-state index is 12.6. The van der Waals surface area contributed by atoms with Crippen molar-refractivity contribution in [3.05, 3.63) is 57.8 Å². The molecule has 1 saturated carbocycles. The van der Waals surface area contributed by atoms with E-state index in [9.17, 15) is 4.79 Å². The van der Waals surface area contributed by atoms with Gasteiger partial charge in [0, 0.05) is 23.5 Å². The zero-order chi connectivity index (χ0) is 16.9. The molecule has 1 fully saturated rings. The van der Waals surface area contributed by atoms with E-state index in [1.807, 2.05) is 46.7 Å². The molecule has 1 amide bonds. The van der Waals surface area contributed by atoms with E-state index in [-0.39, 0.29) is 12.5 Å². The lowest BCUT2D eigenvalue weighted by Gasteiger charge is -2.21. The van der Waals surface area contributed by atoms with Crippen molar-refractivity contribution in [2.24, 2.45) is 0 Å². The third-order valence-electron chi connectivity index (χ3n) is 4.03. The van der Waals surface area contributed by atoms with Gasteiger partial charge in [-0.3, -0.25) is 4.79 Å². The highest BCUT2D eigenvalue weighted by Gasteiger charge is 2.31. The highest BCUT2D eigenvalue weighted by Crippen LogP contribution is 2.29. The lowest BCUT2D eigenvalue weighted by atomic mass is 10.2. The fraction of sp³-hybridized carbons (Fsp3) is 0.316. The highest BCUT2D eigenvalue weighted by molar-refractivity contribution is 7.11. The Hall–Kier alpha value is -2.11. The minimum atomic E-state index is 0.0317. The lowest BCUT2D eigenvalue weighted by Crippen LogP contribution is -2.31. The average Bonchev–Trinajstić information content (AvgIpc) is 3.35. The van der Waals surface area contributed by atoms with E-state index in [0.717, 1.165) is 34.6 Å². The number of ether oxygens (including phenoxy) is 1. The van der Waals surface area contributed by atoms with Crippen LogP contribution in [0, 0.1) is 0 Å². The van der Waals surface area contributed by atoms with Gasteiger partial charge in [0.15, 0.2) is 0 Å². The van der Waals surface area contributed by atoms with E-state index < -0.39 is 0 Å². The first-order valence-corrected chi connectivity index (χ1v) is 8.87. The van der Waals surface area contributed by atoms with Crippen LogP contribution in [0.3, 0.4) is 0 Å². The number of thiophene rings is 1. The van der Waals surface area contributed by atoms with Crippen LogP contribution >= 0.6 is 11.3 Å². The molecule has 24 heavy (non-hydrogen) atoms. The molecule has 1 heterocycles. The number of hydrogen-bond donors (Lipinski definition) is 1. The van der Waals surface area contributed by atoms with E-state index in [1.165, 1.54) is 11.3 Å². The number of rotatable bonds is 7. The van der Waals surface area contributed by atoms with Gasteiger partial charge in [0.25, 0.3) is 0 Å². The summed E-state index contributed by atoms with van der Waals surface area (Å²) in [6.45, 7) is 0.647. The van der Waals surface area contributed by atoms with Crippen molar-refractivity contribution in [2.75, 3.05) is 7.11 Å². The molecule has 0 radical (unpaired) electrons. The van der Waals surface area contributed by atoms with Crippen molar-refractivity contribution in [1.82, 2.24) is 4.90 Å². The topological polar surface area (TPSA) is 49.8 Å². The SMILES string of the molecule is COc1ccc(CN(C(=O)C=Cc2cc(CO)cs2)C2CC2)cc1. The molecule has 1 aromatic carbocycles. The van der Waals surface area contributed by atoms with Gasteiger partial charge in [0.05, 0.1) is 13.7 Å². The summed E-state index contributed by atoms with van der Waals surface area (Å²) in [5.41, 5.74) is 1.98. The monoisotopic (exact) mass is 343 g/mol. The number of aliphatic hydroxyl groups is 1. The molecule has 0 bridgehead atoms. The molecule has 126 valence electrons. The predicted molar refractivity (Wildman–Crippen MR) is 95.8 cm³/mol. The molecule has 0 atom stereocenters. The smallest absolute Gasteiger partial charge is 0.247 e. The molecule has 1 aromatic heterocycles. The van der Waals surface area contributed by atoms with Gasteiger partial charge in [0.2, 0.25) is 5.91 Å². The van der Waals surface area contributed by atoms with E-state index in [1.54, 1.807) is 13.2 Å². The lowest BCUT2D eigenvalue weighted by molar-refractivity contribution is -0.127. The Kier molecular flexibility index (Phi) is 5.33. The van der Waals surface area contributed by atoms with Crippen molar-refractivity contribution >= 4 is 23.3 Å². The predicted octanol–water partition coefficient (Wildman–Crippen LogP) is 3.45. The summed E-state index contributed by atoms with van der Waals surface area (Å²) in [5.74, 6) is 0.854. The van der Waals surface area contributed by atoms with Crippen molar-refractivity contribution in [3.63, 3.8) is 0 Å². The maximum absolute atomic E-state index is 12.6. The number of carbonyl (C=O) groups is 1. The Bertz CT molecular complexity index is 716. The van der Waals surface area contributed by atoms with E-state index in [2.05, 4.69) is 0 Å². The summed E-state index contributed by atoms with van der Waals surface area (Å²) in [4.78, 5) is 15.5. The molecule has 4 nitrogen and oxygen atoms in total. The Morgan fingerprint density at radius 2 is 2.08 bits per heavy atom. The first-order valence-electron chi connectivity index (χ1n) is 7.99. The Morgan fingerprint density at radius 3 is 2.67 bits per heavy atom. The largest absolute Gasteiger partial charge is 0.497 e. The summed E-state index contributed by atoms with van der Waals surface area (Å²) in [5, 5.41) is 11.0. The van der Waals surface area contributed by atoms with Crippen LogP contribution in [0.5, 0.6) is 5.75 Å². The minimum Gasteiger partial charge on any atom is -0.497 e. The standard InChI is InChI=1S/C19H21NO3S/c1-23-17-6-2-14(3-7-17)11-20(16-4-5-16)19(22)9-8-18-10-15(12-21)13-24-18/h2-3,6-10,13,16,21H,4-5,11-12H2,1H3. The zero-order valence-electron chi connectivity index (χ0n) is 13.6. The normalized spacial score (nSPS) is 14.1. The Balaban J connectivity index is 1.66. The number of benzene rings is 1. The maximum Gasteiger partial charge on any atom is 0.247 e. The first-order chi connectivity index (χ1) is 11.7. The first kappa shape index (κ1) is 16.7. The minimum absolute atomic E-state index is 0.0317. The van der Waals surface area contributed by atoms with Crippen molar-refractivity contribution in [1.29, 1.82) is 0 Å². The van der Waals surface area contributed by atoms with Gasteiger partial charge < -0.3 is 14.7 Å². The molecule has 1 aliphatic carbocycles. The third kappa shape index (κ3) is 4.24. The average molecular weight is 343 g/mol. The molecule has 1 aliphatic rings. The molecule has 2 aromatic rings. The molecule has 0 aliphatic heterocycles. The summed E-state index contributed by atoms with van der Waals surface area (Å²) >= 11 is 1.53. The van der Waals surface area contributed by atoms with Crippen LogP contribution in [0.15, 0.2) is 41.8 Å². The Labute approximate surface area is 146 Å². The van der Waals surface area contributed by atoms with Crippen LogP contribution in [0.25, 0.3) is 6.08 Å². The third-order valence-corrected chi connectivity index (χ3v) is 4.98. The van der Waals surface area contributed by atoms with Crippen molar-refractivity contribution < 1.29 is 14.6 Å². The summed E-state index contributed by atoms with van der Waals surface area (Å²) in [7, 11) is 1.65. The van der Waals surface area contributed by atoms with Gasteiger partial charge in [-0.15, -0.1) is 11.3 Å². The summed E-state index contributed by atoms with van der Waals surface area (Å²) in [6.07, 6.45) is 5.61. The fourth-order valence-electron chi connectivity index (χ4n) is 2.51. The fourth-order valence-corrected chi connectivity index (χ4v) is 3.31. The number of methoxy groups -OCH3 is 1. The molecule has 5 heteroatoms. The number of nitrogens with zero attached hydrogens (tertiary/aromatic N) is 1. The van der Waals surface area contributed by atoms with Crippen LogP contribution in [0.4, 0.5) is 0 Å². The van der Waals surface area contributed by atoms with Crippen LogP contribution in [-0.2, 0) is 17.9 Å². The van der Waals surface area contributed by atoms with Crippen molar-refractivity contribution in [3.8, 4) is 5.75 Å². The van der Waals surface area contributed by atoms with Gasteiger partial charge in [-0.25, -0.2) is 0 Å². The van der Waals surface area contributed by atoms with Gasteiger partial charge in [-0.05, 0) is 53.6 Å². The molecule has 1 N–H and O–H groups in total. The van der Waals surface area contributed by atoms with Crippen LogP contribution in [-0.4, -0.2) is 29.1 Å². The van der Waals surface area contributed by atoms with Gasteiger partial charge in [0.1, 0.15) is 5.75 Å². The van der Waals surface area contributed by atoms with Crippen molar-refractivity contribution in [2.45, 2.75) is 32.0 Å². The number of hydrogen-bond acceptors (Lipinski definition) is 4. The highest BCUT2D eigenvalue weighted by atomic mass is 32.1. The quantitative estimate of drug-likeness (QED) is 0.784. The number of carbonyl (C=O) groups excluding carboxylic acids is 1. The van der Waals surface area contributed by atoms with Crippen LogP contribution < -0.4 is 4.74 Å². The number of amides is 1. The van der Waals surface area contributed by atoms with Gasteiger partial charge in [-0.2, -0.15) is 0 Å². The molecular formula is C19H21NO3S. The van der Waals surface area contributed by atoms with E-state index >= 15 is 0 Å². The van der Waals surface area contributed by atoms with Gasteiger partial charge >= 0.3 is 0 Å². The number of aliphatic hydroxyl groups excluding tert-OH is 1. The second-order valence-corrected chi connectivity index (χ2v) is 6.84. The van der Waals surface area contributed by atoms with Gasteiger partial charge in [-0.1, -0.05) is 12.1 Å².